The van der Waals surface area contributed by atoms with Gasteiger partial charge in [0.1, 0.15) is 35.7 Å². The number of piperazine rings is 1. The van der Waals surface area contributed by atoms with E-state index in [1.54, 1.807) is 44.2 Å². The van der Waals surface area contributed by atoms with Crippen LogP contribution in [-0.2, 0) is 19.2 Å². The number of aromatic nitrogens is 2. The molecule has 2 aromatic heterocycles. The van der Waals surface area contributed by atoms with Gasteiger partial charge in [0.15, 0.2) is 11.6 Å². The zero-order valence-corrected chi connectivity index (χ0v) is 41.0. The molecule has 5 heterocycles. The molecule has 0 bridgehead atoms. The number of unbranched alkanes of at least 4 members (excludes halogenated alkanes) is 1. The summed E-state index contributed by atoms with van der Waals surface area (Å²) in [6, 6.07) is 16.0. The highest BCUT2D eigenvalue weighted by Gasteiger charge is 2.46. The van der Waals surface area contributed by atoms with Crippen molar-refractivity contribution in [3.8, 4) is 22.8 Å². The van der Waals surface area contributed by atoms with Crippen LogP contribution >= 0.6 is 11.3 Å². The monoisotopic (exact) mass is 1000 g/mol. The van der Waals surface area contributed by atoms with Gasteiger partial charge in [0.25, 0.3) is 17.7 Å². The topological polar surface area (TPSA) is 269 Å². The summed E-state index contributed by atoms with van der Waals surface area (Å²) in [5, 5.41) is 31.0. The summed E-state index contributed by atoms with van der Waals surface area (Å²) in [7, 11) is 0. The number of allylic oxidation sites excluding steroid dienone is 1. The molecule has 378 valence electrons. The van der Waals surface area contributed by atoms with Crippen molar-refractivity contribution in [2.75, 3.05) is 70.9 Å². The molecular formula is C50H57N11O10S. The molecule has 1 unspecified atom stereocenters. The van der Waals surface area contributed by atoms with E-state index in [1.165, 1.54) is 24.3 Å². The number of piperidine rings is 1. The number of thiazole rings is 1. The molecule has 1 atom stereocenters. The van der Waals surface area contributed by atoms with Crippen LogP contribution in [0.4, 0.5) is 10.5 Å². The fourth-order valence-corrected chi connectivity index (χ4v) is 9.37. The number of rotatable bonds is 18. The van der Waals surface area contributed by atoms with Crippen molar-refractivity contribution in [2.24, 2.45) is 5.41 Å². The maximum Gasteiger partial charge on any atom is 0.324 e. The molecule has 72 heavy (non-hydrogen) atoms. The van der Waals surface area contributed by atoms with Gasteiger partial charge in [0.05, 0.1) is 33.6 Å². The minimum Gasteiger partial charge on any atom is -0.512 e. The third-order valence-electron chi connectivity index (χ3n) is 12.3. The summed E-state index contributed by atoms with van der Waals surface area (Å²) in [6.45, 7) is 10.5. The highest BCUT2D eigenvalue weighted by Crippen LogP contribution is 2.35. The van der Waals surface area contributed by atoms with E-state index in [0.29, 0.717) is 44.8 Å². The number of amides is 8. The minimum absolute atomic E-state index is 0.00309. The van der Waals surface area contributed by atoms with Crippen LogP contribution < -0.4 is 36.1 Å². The first-order valence-corrected chi connectivity index (χ1v) is 24.5. The Morgan fingerprint density at radius 2 is 1.64 bits per heavy atom. The summed E-state index contributed by atoms with van der Waals surface area (Å²) >= 11 is 1.56. The van der Waals surface area contributed by atoms with E-state index in [9.17, 15) is 38.7 Å². The number of fused-ring (bicyclic) bond motifs is 4. The van der Waals surface area contributed by atoms with Gasteiger partial charge in [-0.15, -0.1) is 0 Å². The van der Waals surface area contributed by atoms with E-state index in [2.05, 4.69) is 36.4 Å². The Labute approximate surface area is 418 Å². The molecule has 8 rings (SSSR count). The molecule has 2 saturated heterocycles. The number of nitrogens with zero attached hydrogens (tertiary/aromatic N) is 5. The number of imidazole rings is 1. The van der Waals surface area contributed by atoms with Crippen molar-refractivity contribution < 1.29 is 48.1 Å². The van der Waals surface area contributed by atoms with E-state index < -0.39 is 53.6 Å². The standard InChI is InChI=1S/C50H57N11O10S/c1-50(2,3)39(62)26-40(51)56-48(69)54-31-11-9-30(10-12-31)34-27-60-35-14-13-32(25-38(35)72-49(60)55-34)70-24-23-58-19-21-59(22-20-58)28-42(64)52-17-4-5-18-53-43(65)29-71-37-8-6-7-33-44(37)47(68)61(46(33)67)36-15-16-41(63)57-45(36)66/h6-14,25-27,36,62H,4-5,15-24,28-29H2,1-3H3,(H,52,64)(H,53,65)(H,57,63,66)(H3,51,54,56,69)/b39-26-. The Hall–Kier alpha value is -7.69. The lowest BCUT2D eigenvalue weighted by molar-refractivity contribution is -0.136. The Morgan fingerprint density at radius 1 is 0.917 bits per heavy atom. The number of amidine groups is 1. The highest BCUT2D eigenvalue weighted by atomic mass is 32.1. The van der Waals surface area contributed by atoms with Crippen LogP contribution in [0.2, 0.25) is 0 Å². The van der Waals surface area contributed by atoms with E-state index in [1.807, 2.05) is 40.9 Å². The zero-order chi connectivity index (χ0) is 51.1. The van der Waals surface area contributed by atoms with Crippen molar-refractivity contribution >= 4 is 79.5 Å². The second-order valence-corrected chi connectivity index (χ2v) is 19.7. The molecule has 3 aromatic carbocycles. The van der Waals surface area contributed by atoms with Crippen LogP contribution in [-0.4, -0.2) is 148 Å². The minimum atomic E-state index is -1.11. The van der Waals surface area contributed by atoms with Gasteiger partial charge < -0.3 is 30.5 Å². The molecular weight excluding hydrogens is 947 g/mol. The number of benzene rings is 3. The zero-order valence-electron chi connectivity index (χ0n) is 40.2. The van der Waals surface area contributed by atoms with Gasteiger partial charge in [-0.05, 0) is 61.7 Å². The van der Waals surface area contributed by atoms with Crippen molar-refractivity contribution in [2.45, 2.75) is 52.5 Å². The van der Waals surface area contributed by atoms with E-state index in [0.717, 1.165) is 69.8 Å². The number of nitrogens with one attached hydrogen (secondary N) is 6. The van der Waals surface area contributed by atoms with E-state index in [-0.39, 0.29) is 47.2 Å². The molecule has 3 aliphatic heterocycles. The normalized spacial score (nSPS) is 16.7. The van der Waals surface area contributed by atoms with E-state index in [4.69, 9.17) is 19.9 Å². The summed E-state index contributed by atoms with van der Waals surface area (Å²) in [6.07, 6.45) is 4.48. The third kappa shape index (κ3) is 12.2. The number of anilines is 1. The third-order valence-corrected chi connectivity index (χ3v) is 13.4. The number of hydrogen-bond acceptors (Lipinski definition) is 15. The molecule has 7 N–H and O–H groups in total. The van der Waals surface area contributed by atoms with Gasteiger partial charge in [0.2, 0.25) is 17.7 Å². The molecule has 22 heteroatoms. The number of imide groups is 2. The number of carbonyl (C=O) groups is 7. The Kier molecular flexibility index (Phi) is 15.6. The Balaban J connectivity index is 0.682. The lowest BCUT2D eigenvalue weighted by Crippen LogP contribution is -2.54. The van der Waals surface area contributed by atoms with Crippen molar-refractivity contribution in [1.29, 1.82) is 5.41 Å². The molecule has 21 nitrogen and oxygen atoms in total. The van der Waals surface area contributed by atoms with Crippen LogP contribution in [0.15, 0.2) is 78.7 Å². The number of aliphatic hydroxyl groups is 1. The molecule has 5 aromatic rings. The summed E-state index contributed by atoms with van der Waals surface area (Å²) in [4.78, 5) is 98.9. The van der Waals surface area contributed by atoms with Gasteiger partial charge in [0, 0.05) is 81.2 Å². The molecule has 0 spiro atoms. The smallest absolute Gasteiger partial charge is 0.324 e. The van der Waals surface area contributed by atoms with Crippen LogP contribution in [0.25, 0.3) is 26.4 Å². The molecule has 0 radical (unpaired) electrons. The summed E-state index contributed by atoms with van der Waals surface area (Å²) in [5.74, 6) is -2.46. The fourth-order valence-electron chi connectivity index (χ4n) is 8.34. The van der Waals surface area contributed by atoms with Crippen molar-refractivity contribution in [1.82, 2.24) is 45.4 Å². The van der Waals surface area contributed by atoms with Gasteiger partial charge in [-0.1, -0.05) is 50.3 Å². The first-order chi connectivity index (χ1) is 34.5. The Morgan fingerprint density at radius 3 is 2.36 bits per heavy atom. The van der Waals surface area contributed by atoms with Gasteiger partial charge in [-0.3, -0.25) is 63.9 Å². The quantitative estimate of drug-likeness (QED) is 0.0213. The van der Waals surface area contributed by atoms with Crippen molar-refractivity contribution in [3.05, 3.63) is 89.8 Å². The second-order valence-electron chi connectivity index (χ2n) is 18.6. The largest absolute Gasteiger partial charge is 0.512 e. The number of carbonyl (C=O) groups excluding carboxylic acids is 7. The maximum atomic E-state index is 13.2. The summed E-state index contributed by atoms with van der Waals surface area (Å²) in [5.41, 5.74) is 2.70. The molecule has 3 aliphatic rings. The number of hydrogen-bond donors (Lipinski definition) is 7. The van der Waals surface area contributed by atoms with E-state index >= 15 is 0 Å². The highest BCUT2D eigenvalue weighted by molar-refractivity contribution is 7.23. The van der Waals surface area contributed by atoms with Crippen LogP contribution in [0, 0.1) is 10.8 Å². The molecule has 0 aliphatic carbocycles. The predicted molar refractivity (Wildman–Crippen MR) is 268 cm³/mol. The van der Waals surface area contributed by atoms with Crippen LogP contribution in [0.1, 0.15) is 67.2 Å². The molecule has 0 saturated carbocycles. The molecule has 2 fully saturated rings. The second kappa shape index (κ2) is 22.2. The van der Waals surface area contributed by atoms with Crippen molar-refractivity contribution in [3.63, 3.8) is 0 Å². The fraction of sp³-hybridized carbons (Fsp3) is 0.380. The SMILES string of the molecule is CC(C)(C)/C(O)=C/C(=N)NC(=O)Nc1ccc(-c2cn3c(n2)sc2cc(OCCN4CCN(CC(=O)NCCCCNC(=O)COc5cccc6c5C(=O)N(C5CCC(=O)NC5=O)C6=O)CC4)ccc23)cc1. The van der Waals surface area contributed by atoms with Crippen LogP contribution in [0.3, 0.4) is 0 Å². The Bertz CT molecular complexity index is 2950. The number of aliphatic hydroxyl groups excluding tert-OH is 1. The average molecular weight is 1000 g/mol. The lowest BCUT2D eigenvalue weighted by atomic mass is 9.93. The first kappa shape index (κ1) is 50.7. The van der Waals surface area contributed by atoms with Gasteiger partial charge in [-0.25, -0.2) is 9.78 Å². The lowest BCUT2D eigenvalue weighted by Gasteiger charge is -2.34. The number of ether oxygens (including phenoxy) is 2. The predicted octanol–water partition coefficient (Wildman–Crippen LogP) is 4.29. The first-order valence-electron chi connectivity index (χ1n) is 23.7. The maximum absolute atomic E-state index is 13.2. The number of urea groups is 1. The van der Waals surface area contributed by atoms with Gasteiger partial charge in [-0.2, -0.15) is 0 Å². The molecule has 8 amide bonds. The summed E-state index contributed by atoms with van der Waals surface area (Å²) < 4.78 is 14.9. The van der Waals surface area contributed by atoms with Gasteiger partial charge >= 0.3 is 6.03 Å². The van der Waals surface area contributed by atoms with Crippen LogP contribution in [0.5, 0.6) is 11.5 Å². The average Bonchev–Trinajstić information content (AvgIpc) is 3.98.